The molecular weight excluding hydrogens is 264 g/mol. The van der Waals surface area contributed by atoms with Crippen LogP contribution in [0.1, 0.15) is 40.5 Å². The third kappa shape index (κ3) is 6.15. The fraction of sp³-hybridized carbons (Fsp3) is 0.647. The van der Waals surface area contributed by atoms with Crippen LogP contribution in [0.4, 0.5) is 0 Å². The summed E-state index contributed by atoms with van der Waals surface area (Å²) >= 11 is 0. The van der Waals surface area contributed by atoms with Crippen LogP contribution in [0.3, 0.4) is 0 Å². The zero-order chi connectivity index (χ0) is 16.5. The first kappa shape index (κ1) is 19.4. The van der Waals surface area contributed by atoms with E-state index >= 15 is 0 Å². The predicted octanol–water partition coefficient (Wildman–Crippen LogP) is 2.67. The van der Waals surface area contributed by atoms with E-state index in [-0.39, 0.29) is 11.8 Å². The number of hydrogen-bond donors (Lipinski definition) is 2. The van der Waals surface area contributed by atoms with Gasteiger partial charge in [0.25, 0.3) is 0 Å². The van der Waals surface area contributed by atoms with Gasteiger partial charge < -0.3 is 10.6 Å². The predicted molar refractivity (Wildman–Crippen MR) is 87.8 cm³/mol. The van der Waals surface area contributed by atoms with Gasteiger partial charge >= 0.3 is 0 Å². The summed E-state index contributed by atoms with van der Waals surface area (Å²) in [4.78, 5) is 25.1. The molecule has 0 aliphatic carbocycles. The molecule has 21 heavy (non-hydrogen) atoms. The van der Waals surface area contributed by atoms with Gasteiger partial charge in [0, 0.05) is 13.1 Å². The number of amides is 2. The average molecular weight is 294 g/mol. The summed E-state index contributed by atoms with van der Waals surface area (Å²) in [5, 5.41) is 5.73. The van der Waals surface area contributed by atoms with Crippen LogP contribution in [0.15, 0.2) is 25.3 Å². The fourth-order valence-corrected chi connectivity index (χ4v) is 1.98. The zero-order valence-corrected chi connectivity index (χ0v) is 13.9. The Balaban J connectivity index is 5.20. The maximum atomic E-state index is 12.6. The maximum Gasteiger partial charge on any atom is 0.236 e. The minimum absolute atomic E-state index is 0.253. The number of hydrogen-bond acceptors (Lipinski definition) is 2. The second-order valence-electron chi connectivity index (χ2n) is 6.28. The standard InChI is InChI=1S/C17H30N2O2/c1-7-9-17(10-8-2,15(20)18-11-13(3)4)16(21)19-12-14(5)6/h7-8,13-14H,1-2,9-12H2,3-6H3,(H,18,20)(H,19,21). The number of carbonyl (C=O) groups excluding carboxylic acids is 2. The van der Waals surface area contributed by atoms with Gasteiger partial charge in [0.2, 0.25) is 11.8 Å². The van der Waals surface area contributed by atoms with E-state index in [1.54, 1.807) is 12.2 Å². The van der Waals surface area contributed by atoms with E-state index in [0.717, 1.165) is 0 Å². The van der Waals surface area contributed by atoms with Gasteiger partial charge in [0.15, 0.2) is 0 Å². The van der Waals surface area contributed by atoms with Crippen molar-refractivity contribution in [3.63, 3.8) is 0 Å². The van der Waals surface area contributed by atoms with Crippen LogP contribution in [0.25, 0.3) is 0 Å². The van der Waals surface area contributed by atoms with E-state index in [0.29, 0.717) is 37.8 Å². The molecule has 0 aromatic carbocycles. The van der Waals surface area contributed by atoms with Crippen molar-refractivity contribution in [3.8, 4) is 0 Å². The van der Waals surface area contributed by atoms with Gasteiger partial charge in [0.1, 0.15) is 5.41 Å². The minimum atomic E-state index is -1.15. The molecular formula is C17H30N2O2. The molecule has 4 nitrogen and oxygen atoms in total. The second-order valence-corrected chi connectivity index (χ2v) is 6.28. The maximum absolute atomic E-state index is 12.6. The van der Waals surface area contributed by atoms with Crippen LogP contribution >= 0.6 is 0 Å². The molecule has 0 fully saturated rings. The summed E-state index contributed by atoms with van der Waals surface area (Å²) in [5.41, 5.74) is -1.15. The van der Waals surface area contributed by atoms with Crippen molar-refractivity contribution in [3.05, 3.63) is 25.3 Å². The number of allylic oxidation sites excluding steroid dienone is 2. The molecule has 0 heterocycles. The van der Waals surface area contributed by atoms with Crippen molar-refractivity contribution < 1.29 is 9.59 Å². The summed E-state index contributed by atoms with van der Waals surface area (Å²) < 4.78 is 0. The number of carbonyl (C=O) groups is 2. The lowest BCUT2D eigenvalue weighted by molar-refractivity contribution is -0.143. The van der Waals surface area contributed by atoms with Gasteiger partial charge in [0.05, 0.1) is 0 Å². The Morgan fingerprint density at radius 2 is 1.24 bits per heavy atom. The molecule has 0 atom stereocenters. The summed E-state index contributed by atoms with van der Waals surface area (Å²) in [6.45, 7) is 16.5. The van der Waals surface area contributed by atoms with Crippen molar-refractivity contribution in [2.24, 2.45) is 17.3 Å². The third-order valence-corrected chi connectivity index (χ3v) is 3.20. The summed E-state index contributed by atoms with van der Waals surface area (Å²) in [6, 6.07) is 0. The lowest BCUT2D eigenvalue weighted by Crippen LogP contribution is -2.52. The number of nitrogens with one attached hydrogen (secondary N) is 2. The van der Waals surface area contributed by atoms with Crippen LogP contribution in [-0.4, -0.2) is 24.9 Å². The van der Waals surface area contributed by atoms with Gasteiger partial charge in [-0.15, -0.1) is 13.2 Å². The molecule has 0 aliphatic heterocycles. The Bertz CT molecular complexity index is 337. The first-order valence-corrected chi connectivity index (χ1v) is 7.58. The van der Waals surface area contributed by atoms with Crippen LogP contribution in [0.2, 0.25) is 0 Å². The van der Waals surface area contributed by atoms with E-state index in [2.05, 4.69) is 23.8 Å². The molecule has 0 aliphatic rings. The van der Waals surface area contributed by atoms with Crippen molar-refractivity contribution >= 4 is 11.8 Å². The molecule has 0 saturated carbocycles. The Kier molecular flexibility index (Phi) is 8.67. The monoisotopic (exact) mass is 294 g/mol. The molecule has 0 spiro atoms. The van der Waals surface area contributed by atoms with Gasteiger partial charge in [-0.05, 0) is 24.7 Å². The Morgan fingerprint density at radius 1 is 0.905 bits per heavy atom. The normalized spacial score (nSPS) is 11.3. The molecule has 0 radical (unpaired) electrons. The van der Waals surface area contributed by atoms with Crippen molar-refractivity contribution in [2.45, 2.75) is 40.5 Å². The van der Waals surface area contributed by atoms with Gasteiger partial charge in [-0.25, -0.2) is 0 Å². The topological polar surface area (TPSA) is 58.2 Å². The number of rotatable bonds is 10. The molecule has 2 amide bonds. The summed E-state index contributed by atoms with van der Waals surface area (Å²) in [6.07, 6.45) is 3.83. The quantitative estimate of drug-likeness (QED) is 0.481. The Labute approximate surface area is 129 Å². The minimum Gasteiger partial charge on any atom is -0.355 e. The van der Waals surface area contributed by atoms with E-state index in [9.17, 15) is 9.59 Å². The van der Waals surface area contributed by atoms with Crippen molar-refractivity contribution in [2.75, 3.05) is 13.1 Å². The van der Waals surface area contributed by atoms with Crippen molar-refractivity contribution in [1.82, 2.24) is 10.6 Å². The lowest BCUT2D eigenvalue weighted by Gasteiger charge is -2.30. The molecule has 0 aromatic heterocycles. The molecule has 0 aromatic rings. The van der Waals surface area contributed by atoms with Crippen LogP contribution in [0, 0.1) is 17.3 Å². The molecule has 4 heteroatoms. The van der Waals surface area contributed by atoms with Crippen LogP contribution < -0.4 is 10.6 Å². The largest absolute Gasteiger partial charge is 0.355 e. The lowest BCUT2D eigenvalue weighted by atomic mass is 9.78. The van der Waals surface area contributed by atoms with E-state index in [1.807, 2.05) is 27.7 Å². The first-order valence-electron chi connectivity index (χ1n) is 7.58. The van der Waals surface area contributed by atoms with E-state index in [1.165, 1.54) is 0 Å². The van der Waals surface area contributed by atoms with Gasteiger partial charge in [-0.1, -0.05) is 39.8 Å². The SMILES string of the molecule is C=CCC(CC=C)(C(=O)NCC(C)C)C(=O)NCC(C)C. The van der Waals surface area contributed by atoms with Gasteiger partial charge in [-0.3, -0.25) is 9.59 Å². The first-order chi connectivity index (χ1) is 9.80. The van der Waals surface area contributed by atoms with Crippen LogP contribution in [0.5, 0.6) is 0 Å². The highest BCUT2D eigenvalue weighted by Gasteiger charge is 2.43. The second kappa shape index (κ2) is 9.37. The van der Waals surface area contributed by atoms with Crippen LogP contribution in [-0.2, 0) is 9.59 Å². The third-order valence-electron chi connectivity index (χ3n) is 3.20. The summed E-state index contributed by atoms with van der Waals surface area (Å²) in [5.74, 6) is 0.158. The van der Waals surface area contributed by atoms with E-state index < -0.39 is 5.41 Å². The molecule has 0 bridgehead atoms. The Morgan fingerprint density at radius 3 is 1.48 bits per heavy atom. The Hall–Kier alpha value is -1.58. The molecule has 0 saturated heterocycles. The highest BCUT2D eigenvalue weighted by atomic mass is 16.2. The highest BCUT2D eigenvalue weighted by Crippen LogP contribution is 2.29. The molecule has 0 unspecified atom stereocenters. The fourth-order valence-electron chi connectivity index (χ4n) is 1.98. The molecule has 2 N–H and O–H groups in total. The van der Waals surface area contributed by atoms with Crippen molar-refractivity contribution in [1.29, 1.82) is 0 Å². The highest BCUT2D eigenvalue weighted by molar-refractivity contribution is 6.05. The summed E-state index contributed by atoms with van der Waals surface area (Å²) in [7, 11) is 0. The van der Waals surface area contributed by atoms with E-state index in [4.69, 9.17) is 0 Å². The zero-order valence-electron chi connectivity index (χ0n) is 13.9. The average Bonchev–Trinajstić information content (AvgIpc) is 2.41. The smallest absolute Gasteiger partial charge is 0.236 e. The molecule has 0 rings (SSSR count). The molecule has 120 valence electrons. The van der Waals surface area contributed by atoms with Gasteiger partial charge in [-0.2, -0.15) is 0 Å².